The minimum absolute atomic E-state index is 0.0338. The Bertz CT molecular complexity index is 1120. The van der Waals surface area contributed by atoms with E-state index >= 15 is 0 Å². The number of halogens is 3. The lowest BCUT2D eigenvalue weighted by Gasteiger charge is -2.14. The van der Waals surface area contributed by atoms with Crippen LogP contribution in [0.3, 0.4) is 0 Å². The maximum atomic E-state index is 12.8. The number of aromatic nitrogens is 1. The van der Waals surface area contributed by atoms with E-state index in [1.54, 1.807) is 23.5 Å². The van der Waals surface area contributed by atoms with Crippen molar-refractivity contribution in [3.05, 3.63) is 74.8 Å². The van der Waals surface area contributed by atoms with Crippen molar-refractivity contribution in [1.29, 1.82) is 0 Å². The number of alkyl halides is 3. The maximum Gasteiger partial charge on any atom is 0.416 e. The highest BCUT2D eigenvalue weighted by Crippen LogP contribution is 2.35. The van der Waals surface area contributed by atoms with Gasteiger partial charge in [0.1, 0.15) is 10.7 Å². The zero-order valence-corrected chi connectivity index (χ0v) is 17.7. The van der Waals surface area contributed by atoms with Crippen molar-refractivity contribution in [2.24, 2.45) is 5.10 Å². The molecule has 0 unspecified atom stereocenters. The molecule has 0 saturated carbocycles. The smallest absolute Gasteiger partial charge is 0.272 e. The fraction of sp³-hybridized carbons (Fsp3) is 0.238. The van der Waals surface area contributed by atoms with Gasteiger partial charge in [-0.15, -0.1) is 11.3 Å². The monoisotopic (exact) mass is 448 g/mol. The van der Waals surface area contributed by atoms with E-state index in [-0.39, 0.29) is 11.1 Å². The molecule has 0 aliphatic carbocycles. The second kappa shape index (κ2) is 8.46. The molecule has 162 valence electrons. The Kier molecular flexibility index (Phi) is 6.12. The third-order valence-corrected chi connectivity index (χ3v) is 5.24. The Balaban J connectivity index is 1.73. The van der Waals surface area contributed by atoms with Crippen LogP contribution in [0.4, 0.5) is 24.5 Å². The van der Waals surface area contributed by atoms with Crippen LogP contribution in [0, 0.1) is 10.1 Å². The Hall–Kier alpha value is -3.27. The normalized spacial score (nSPS) is 12.3. The second-order valence-electron chi connectivity index (χ2n) is 7.77. The van der Waals surface area contributed by atoms with Crippen LogP contribution in [0.5, 0.6) is 0 Å². The molecule has 3 aromatic rings. The van der Waals surface area contributed by atoms with Gasteiger partial charge in [0, 0.05) is 22.4 Å². The van der Waals surface area contributed by atoms with Crippen LogP contribution in [0.25, 0.3) is 10.6 Å². The number of rotatable bonds is 5. The SMILES string of the molecule is CC(C)(C)c1csc(-c2ccc(/C=N/Nc3ccc(C(F)(F)F)cc3[N+](=O)[O-])cc2)n1. The molecule has 1 heterocycles. The summed E-state index contributed by atoms with van der Waals surface area (Å²) in [7, 11) is 0. The largest absolute Gasteiger partial charge is 0.416 e. The Morgan fingerprint density at radius 3 is 2.35 bits per heavy atom. The van der Waals surface area contributed by atoms with Gasteiger partial charge in [0.25, 0.3) is 5.69 Å². The lowest BCUT2D eigenvalue weighted by Crippen LogP contribution is -2.11. The van der Waals surface area contributed by atoms with E-state index in [0.29, 0.717) is 11.6 Å². The number of nitro groups is 1. The number of hydrogen-bond acceptors (Lipinski definition) is 6. The minimum atomic E-state index is -4.67. The molecule has 31 heavy (non-hydrogen) atoms. The van der Waals surface area contributed by atoms with Gasteiger partial charge in [-0.25, -0.2) is 4.98 Å². The van der Waals surface area contributed by atoms with Gasteiger partial charge in [-0.1, -0.05) is 45.0 Å². The quantitative estimate of drug-likeness (QED) is 0.275. The lowest BCUT2D eigenvalue weighted by molar-refractivity contribution is -0.384. The number of nitrogens with zero attached hydrogens (tertiary/aromatic N) is 3. The zero-order valence-electron chi connectivity index (χ0n) is 16.9. The van der Waals surface area contributed by atoms with Gasteiger partial charge in [-0.2, -0.15) is 18.3 Å². The van der Waals surface area contributed by atoms with Gasteiger partial charge in [0.15, 0.2) is 0 Å². The fourth-order valence-corrected chi connectivity index (χ4v) is 3.65. The van der Waals surface area contributed by atoms with E-state index in [1.807, 2.05) is 17.5 Å². The summed E-state index contributed by atoms with van der Waals surface area (Å²) in [5.41, 5.74) is 3.13. The molecule has 0 fully saturated rings. The molecule has 1 aromatic heterocycles. The molecule has 2 aromatic carbocycles. The van der Waals surface area contributed by atoms with E-state index in [2.05, 4.69) is 36.3 Å². The zero-order chi connectivity index (χ0) is 22.8. The van der Waals surface area contributed by atoms with Crippen molar-refractivity contribution in [2.75, 3.05) is 5.43 Å². The summed E-state index contributed by atoms with van der Waals surface area (Å²) < 4.78 is 38.3. The Morgan fingerprint density at radius 2 is 1.81 bits per heavy atom. The topological polar surface area (TPSA) is 80.4 Å². The summed E-state index contributed by atoms with van der Waals surface area (Å²) in [6.07, 6.45) is -3.24. The molecule has 0 aliphatic rings. The maximum absolute atomic E-state index is 12.8. The molecule has 6 nitrogen and oxygen atoms in total. The first-order chi connectivity index (χ1) is 14.4. The molecule has 0 aliphatic heterocycles. The third-order valence-electron chi connectivity index (χ3n) is 4.35. The Labute approximate surface area is 180 Å². The number of hydrogen-bond donors (Lipinski definition) is 1. The predicted octanol–water partition coefficient (Wildman–Crippen LogP) is 6.48. The molecular formula is C21H19F3N4O2S. The number of benzene rings is 2. The first kappa shape index (κ1) is 22.4. The third kappa shape index (κ3) is 5.46. The van der Waals surface area contributed by atoms with Crippen molar-refractivity contribution in [3.63, 3.8) is 0 Å². The summed E-state index contributed by atoms with van der Waals surface area (Å²) in [5.74, 6) is 0. The molecule has 10 heteroatoms. The van der Waals surface area contributed by atoms with E-state index in [9.17, 15) is 23.3 Å². The molecule has 0 atom stereocenters. The number of thiazole rings is 1. The van der Waals surface area contributed by atoms with E-state index in [0.717, 1.165) is 28.4 Å². The standard InChI is InChI=1S/C21H19F3N4O2S/c1-20(2,3)18-12-31-19(26-18)14-6-4-13(5-7-14)11-25-27-16-9-8-15(21(22,23)24)10-17(16)28(29)30/h4-12,27H,1-3H3/b25-11+. The van der Waals surface area contributed by atoms with Crippen LogP contribution >= 0.6 is 11.3 Å². The van der Waals surface area contributed by atoms with Crippen LogP contribution in [0.1, 0.15) is 37.6 Å². The first-order valence-corrected chi connectivity index (χ1v) is 10.0. The van der Waals surface area contributed by atoms with Crippen LogP contribution in [0.2, 0.25) is 0 Å². The molecule has 3 rings (SSSR count). The number of nitro benzene ring substituents is 1. The summed E-state index contributed by atoms with van der Waals surface area (Å²) in [5, 5.41) is 18.0. The molecule has 0 amide bonds. The first-order valence-electron chi connectivity index (χ1n) is 9.16. The van der Waals surface area contributed by atoms with Gasteiger partial charge in [-0.05, 0) is 17.7 Å². The van der Waals surface area contributed by atoms with Crippen molar-refractivity contribution in [1.82, 2.24) is 4.98 Å². The molecule has 0 radical (unpaired) electrons. The Morgan fingerprint density at radius 1 is 1.13 bits per heavy atom. The summed E-state index contributed by atoms with van der Waals surface area (Å²) in [6.45, 7) is 6.29. The number of anilines is 1. The fourth-order valence-electron chi connectivity index (χ4n) is 2.59. The van der Waals surface area contributed by atoms with Crippen molar-refractivity contribution < 1.29 is 18.1 Å². The van der Waals surface area contributed by atoms with E-state index < -0.39 is 22.4 Å². The predicted molar refractivity (Wildman–Crippen MR) is 116 cm³/mol. The highest BCUT2D eigenvalue weighted by Gasteiger charge is 2.33. The summed E-state index contributed by atoms with van der Waals surface area (Å²) in [6, 6.07) is 9.60. The highest BCUT2D eigenvalue weighted by molar-refractivity contribution is 7.13. The van der Waals surface area contributed by atoms with Crippen LogP contribution < -0.4 is 5.43 Å². The van der Waals surface area contributed by atoms with Crippen molar-refractivity contribution in [3.8, 4) is 10.6 Å². The van der Waals surface area contributed by atoms with Gasteiger partial charge in [-0.3, -0.25) is 15.5 Å². The van der Waals surface area contributed by atoms with Crippen molar-refractivity contribution >= 4 is 28.9 Å². The van der Waals surface area contributed by atoms with Crippen molar-refractivity contribution in [2.45, 2.75) is 32.4 Å². The minimum Gasteiger partial charge on any atom is -0.272 e. The lowest BCUT2D eigenvalue weighted by atomic mass is 9.93. The second-order valence-corrected chi connectivity index (χ2v) is 8.62. The molecular weight excluding hydrogens is 429 g/mol. The van der Waals surface area contributed by atoms with Crippen LogP contribution in [-0.4, -0.2) is 16.1 Å². The molecule has 0 saturated heterocycles. The summed E-state index contributed by atoms with van der Waals surface area (Å²) >= 11 is 1.56. The molecule has 0 spiro atoms. The van der Waals surface area contributed by atoms with Crippen LogP contribution in [0.15, 0.2) is 52.9 Å². The summed E-state index contributed by atoms with van der Waals surface area (Å²) in [4.78, 5) is 14.9. The van der Waals surface area contributed by atoms with Gasteiger partial charge in [0.2, 0.25) is 0 Å². The van der Waals surface area contributed by atoms with E-state index in [4.69, 9.17) is 0 Å². The van der Waals surface area contributed by atoms with Gasteiger partial charge < -0.3 is 0 Å². The highest BCUT2D eigenvalue weighted by atomic mass is 32.1. The average molecular weight is 448 g/mol. The average Bonchev–Trinajstić information content (AvgIpc) is 3.18. The molecule has 0 bridgehead atoms. The van der Waals surface area contributed by atoms with Crippen LogP contribution in [-0.2, 0) is 11.6 Å². The van der Waals surface area contributed by atoms with Gasteiger partial charge >= 0.3 is 6.18 Å². The number of hydrazone groups is 1. The number of nitrogens with one attached hydrogen (secondary N) is 1. The van der Waals surface area contributed by atoms with Gasteiger partial charge in [0.05, 0.1) is 22.4 Å². The molecule has 1 N–H and O–H groups in total. The van der Waals surface area contributed by atoms with E-state index in [1.165, 1.54) is 6.21 Å².